The minimum absolute atomic E-state index is 0.956. The van der Waals surface area contributed by atoms with Crippen LogP contribution in [0.4, 0.5) is 0 Å². The van der Waals surface area contributed by atoms with E-state index in [1.807, 2.05) is 0 Å². The fourth-order valence-electron chi connectivity index (χ4n) is 1.85. The Morgan fingerprint density at radius 3 is 2.31 bits per heavy atom. The van der Waals surface area contributed by atoms with Crippen molar-refractivity contribution < 1.29 is 4.84 Å². The second kappa shape index (κ2) is 5.69. The van der Waals surface area contributed by atoms with Crippen LogP contribution in [-0.2, 0) is 4.84 Å². The Labute approximate surface area is 98.3 Å². The second-order valence-electron chi connectivity index (χ2n) is 4.22. The molecule has 0 aliphatic carbocycles. The molecule has 2 heteroatoms. The Balaban J connectivity index is 3.19. The van der Waals surface area contributed by atoms with Gasteiger partial charge >= 0.3 is 0 Å². The van der Waals surface area contributed by atoms with Crippen molar-refractivity contribution in [2.75, 3.05) is 7.11 Å². The highest BCUT2D eigenvalue weighted by Gasteiger charge is 2.08. The summed E-state index contributed by atoms with van der Waals surface area (Å²) in [6.45, 7) is 8.55. The highest BCUT2D eigenvalue weighted by atomic mass is 16.6. The summed E-state index contributed by atoms with van der Waals surface area (Å²) >= 11 is 0. The van der Waals surface area contributed by atoms with Crippen molar-refractivity contribution in [1.29, 1.82) is 0 Å². The largest absolute Gasteiger partial charge is 0.399 e. The van der Waals surface area contributed by atoms with Crippen LogP contribution in [0.3, 0.4) is 0 Å². The van der Waals surface area contributed by atoms with Crippen LogP contribution in [0.25, 0.3) is 0 Å². The topological polar surface area (TPSA) is 21.6 Å². The van der Waals surface area contributed by atoms with E-state index in [0.717, 1.165) is 18.6 Å². The molecule has 0 aliphatic heterocycles. The highest BCUT2D eigenvalue weighted by Crippen LogP contribution is 2.18. The van der Waals surface area contributed by atoms with Gasteiger partial charge in [-0.3, -0.25) is 0 Å². The fraction of sp³-hybridized carbons (Fsp3) is 0.500. The molecule has 0 N–H and O–H groups in total. The summed E-state index contributed by atoms with van der Waals surface area (Å²) in [5.74, 6) is 0. The number of hydrogen-bond acceptors (Lipinski definition) is 2. The molecule has 0 saturated carbocycles. The van der Waals surface area contributed by atoms with Crippen LogP contribution in [0.5, 0.6) is 0 Å². The normalized spacial score (nSPS) is 11.7. The lowest BCUT2D eigenvalue weighted by atomic mass is 9.96. The van der Waals surface area contributed by atoms with Crippen LogP contribution in [0.15, 0.2) is 17.3 Å². The summed E-state index contributed by atoms with van der Waals surface area (Å²) in [6, 6.07) is 4.42. The van der Waals surface area contributed by atoms with Crippen molar-refractivity contribution in [3.63, 3.8) is 0 Å². The monoisotopic (exact) mass is 219 g/mol. The Morgan fingerprint density at radius 1 is 1.12 bits per heavy atom. The van der Waals surface area contributed by atoms with Crippen LogP contribution in [0.1, 0.15) is 42.0 Å². The molecule has 16 heavy (non-hydrogen) atoms. The molecule has 1 rings (SSSR count). The number of oxime groups is 1. The van der Waals surface area contributed by atoms with Gasteiger partial charge in [0.2, 0.25) is 0 Å². The number of nitrogens with zero attached hydrogens (tertiary/aromatic N) is 1. The maximum absolute atomic E-state index is 4.92. The number of hydrogen-bond donors (Lipinski definition) is 0. The predicted molar refractivity (Wildman–Crippen MR) is 69.1 cm³/mol. The Kier molecular flexibility index (Phi) is 4.53. The van der Waals surface area contributed by atoms with Crippen LogP contribution in [-0.4, -0.2) is 12.8 Å². The molecule has 0 heterocycles. The summed E-state index contributed by atoms with van der Waals surface area (Å²) in [5.41, 5.74) is 6.17. The lowest BCUT2D eigenvalue weighted by Crippen LogP contribution is -2.05. The number of benzene rings is 1. The second-order valence-corrected chi connectivity index (χ2v) is 4.22. The molecule has 0 spiro atoms. The van der Waals surface area contributed by atoms with Crippen molar-refractivity contribution in [2.45, 2.75) is 40.5 Å². The molecular formula is C14H21NO. The molecule has 0 aliphatic rings. The molecular weight excluding hydrogens is 198 g/mol. The van der Waals surface area contributed by atoms with Gasteiger partial charge in [-0.2, -0.15) is 0 Å². The smallest absolute Gasteiger partial charge is 0.106 e. The molecule has 2 nitrogen and oxygen atoms in total. The first kappa shape index (κ1) is 12.8. The van der Waals surface area contributed by atoms with Crippen molar-refractivity contribution >= 4 is 5.71 Å². The molecule has 0 saturated heterocycles. The van der Waals surface area contributed by atoms with E-state index in [9.17, 15) is 0 Å². The SMILES string of the molecule is CCC/C(=N\OC)c1cc(C)c(C)cc1C. The zero-order valence-electron chi connectivity index (χ0n) is 10.9. The molecule has 88 valence electrons. The van der Waals surface area contributed by atoms with Gasteiger partial charge in [0, 0.05) is 5.56 Å². The van der Waals surface area contributed by atoms with E-state index in [1.54, 1.807) is 7.11 Å². The van der Waals surface area contributed by atoms with Gasteiger partial charge in [0.05, 0.1) is 5.71 Å². The van der Waals surface area contributed by atoms with E-state index < -0.39 is 0 Å². The van der Waals surface area contributed by atoms with E-state index >= 15 is 0 Å². The third kappa shape index (κ3) is 2.84. The van der Waals surface area contributed by atoms with E-state index in [-0.39, 0.29) is 0 Å². The minimum atomic E-state index is 0.956. The molecule has 0 bridgehead atoms. The van der Waals surface area contributed by atoms with Crippen LogP contribution < -0.4 is 0 Å². The number of aryl methyl sites for hydroxylation is 3. The zero-order valence-corrected chi connectivity index (χ0v) is 10.9. The summed E-state index contributed by atoms with van der Waals surface area (Å²) < 4.78 is 0. The molecule has 1 aromatic rings. The molecule has 0 aromatic heterocycles. The van der Waals surface area contributed by atoms with Crippen LogP contribution in [0, 0.1) is 20.8 Å². The molecule has 1 aromatic carbocycles. The van der Waals surface area contributed by atoms with Gasteiger partial charge in [0.25, 0.3) is 0 Å². The Hall–Kier alpha value is -1.31. The van der Waals surface area contributed by atoms with E-state index in [4.69, 9.17) is 4.84 Å². The molecule has 0 amide bonds. The molecule has 0 unspecified atom stereocenters. The zero-order chi connectivity index (χ0) is 12.1. The lowest BCUT2D eigenvalue weighted by molar-refractivity contribution is 0.213. The average Bonchev–Trinajstić information content (AvgIpc) is 2.23. The minimum Gasteiger partial charge on any atom is -0.399 e. The molecule has 0 radical (unpaired) electrons. The van der Waals surface area contributed by atoms with E-state index in [1.165, 1.54) is 22.3 Å². The first-order valence-corrected chi connectivity index (χ1v) is 5.78. The van der Waals surface area contributed by atoms with Crippen molar-refractivity contribution in [2.24, 2.45) is 5.16 Å². The average molecular weight is 219 g/mol. The van der Waals surface area contributed by atoms with Gasteiger partial charge in [-0.1, -0.05) is 24.6 Å². The summed E-state index contributed by atoms with van der Waals surface area (Å²) in [6.07, 6.45) is 2.03. The number of rotatable bonds is 4. The van der Waals surface area contributed by atoms with Gasteiger partial charge in [-0.25, -0.2) is 0 Å². The van der Waals surface area contributed by atoms with Gasteiger partial charge in [-0.05, 0) is 49.9 Å². The van der Waals surface area contributed by atoms with Crippen LogP contribution in [0.2, 0.25) is 0 Å². The van der Waals surface area contributed by atoms with Gasteiger partial charge in [0.15, 0.2) is 0 Å². The quantitative estimate of drug-likeness (QED) is 0.558. The molecule has 0 fully saturated rings. The van der Waals surface area contributed by atoms with Gasteiger partial charge in [0.1, 0.15) is 7.11 Å². The summed E-state index contributed by atoms with van der Waals surface area (Å²) in [7, 11) is 1.60. The predicted octanol–water partition coefficient (Wildman–Crippen LogP) is 3.76. The van der Waals surface area contributed by atoms with E-state index in [2.05, 4.69) is 45.0 Å². The van der Waals surface area contributed by atoms with Gasteiger partial charge in [-0.15, -0.1) is 0 Å². The Bertz CT molecular complexity index is 394. The standard InChI is InChI=1S/C14H21NO/c1-6-7-14(15-16-5)13-9-11(3)10(2)8-12(13)4/h8-9H,6-7H2,1-5H3/b15-14+. The van der Waals surface area contributed by atoms with Gasteiger partial charge < -0.3 is 4.84 Å². The summed E-state index contributed by atoms with van der Waals surface area (Å²) in [5, 5.41) is 4.13. The maximum atomic E-state index is 4.92. The van der Waals surface area contributed by atoms with Crippen molar-refractivity contribution in [1.82, 2.24) is 0 Å². The highest BCUT2D eigenvalue weighted by molar-refractivity contribution is 6.01. The first-order chi connectivity index (χ1) is 7.60. The van der Waals surface area contributed by atoms with Crippen molar-refractivity contribution in [3.8, 4) is 0 Å². The Morgan fingerprint density at radius 2 is 1.75 bits per heavy atom. The third-order valence-electron chi connectivity index (χ3n) is 2.84. The molecule has 0 atom stereocenters. The first-order valence-electron chi connectivity index (χ1n) is 5.78. The summed E-state index contributed by atoms with van der Waals surface area (Å²) in [4.78, 5) is 4.92. The van der Waals surface area contributed by atoms with E-state index in [0.29, 0.717) is 0 Å². The van der Waals surface area contributed by atoms with Crippen molar-refractivity contribution in [3.05, 3.63) is 34.4 Å². The maximum Gasteiger partial charge on any atom is 0.106 e. The van der Waals surface area contributed by atoms with Crippen LogP contribution >= 0.6 is 0 Å². The lowest BCUT2D eigenvalue weighted by Gasteiger charge is -2.11. The fourth-order valence-corrected chi connectivity index (χ4v) is 1.85. The third-order valence-corrected chi connectivity index (χ3v) is 2.84.